The maximum Gasteiger partial charge on any atom is 0.239 e. The second kappa shape index (κ2) is 8.69. The van der Waals surface area contributed by atoms with Crippen molar-refractivity contribution in [2.45, 2.75) is 33.1 Å². The molecule has 0 aromatic rings. The van der Waals surface area contributed by atoms with E-state index in [1.54, 1.807) is 0 Å². The lowest BCUT2D eigenvalue weighted by Gasteiger charge is -2.14. The zero-order valence-electron chi connectivity index (χ0n) is 11.9. The van der Waals surface area contributed by atoms with Crippen LogP contribution in [0.4, 0.5) is 0 Å². The van der Waals surface area contributed by atoms with E-state index in [1.165, 1.54) is 5.57 Å². The normalized spacial score (nSPS) is 15.0. The van der Waals surface area contributed by atoms with Crippen LogP contribution in [0.3, 0.4) is 0 Å². The summed E-state index contributed by atoms with van der Waals surface area (Å²) in [4.78, 5) is 23.0. The lowest BCUT2D eigenvalue weighted by Crippen LogP contribution is -2.38. The third kappa shape index (κ3) is 7.62. The molecule has 3 N–H and O–H groups in total. The third-order valence-electron chi connectivity index (χ3n) is 3.07. The second-order valence-electron chi connectivity index (χ2n) is 5.30. The van der Waals surface area contributed by atoms with E-state index < -0.39 is 0 Å². The summed E-state index contributed by atoms with van der Waals surface area (Å²) in [6.07, 6.45) is 4.42. The highest BCUT2D eigenvalue weighted by atomic mass is 16.2. The van der Waals surface area contributed by atoms with Gasteiger partial charge in [-0.25, -0.2) is 0 Å². The summed E-state index contributed by atoms with van der Waals surface area (Å²) in [6.45, 7) is 6.65. The Morgan fingerprint density at radius 2 is 2.11 bits per heavy atom. The van der Waals surface area contributed by atoms with Crippen LogP contribution in [0.1, 0.15) is 33.1 Å². The lowest BCUT2D eigenvalue weighted by atomic mass is 10.1. The van der Waals surface area contributed by atoms with Gasteiger partial charge in [-0.1, -0.05) is 25.5 Å². The van der Waals surface area contributed by atoms with Gasteiger partial charge in [0.15, 0.2) is 0 Å². The molecule has 0 unspecified atom stereocenters. The van der Waals surface area contributed by atoms with Gasteiger partial charge < -0.3 is 16.0 Å². The highest BCUT2D eigenvalue weighted by Gasteiger charge is 2.08. The van der Waals surface area contributed by atoms with Crippen LogP contribution in [0, 0.1) is 5.92 Å². The molecule has 0 aromatic carbocycles. The van der Waals surface area contributed by atoms with Crippen LogP contribution in [0.15, 0.2) is 11.6 Å². The molecule has 0 saturated carbocycles. The zero-order valence-corrected chi connectivity index (χ0v) is 11.9. The van der Waals surface area contributed by atoms with Crippen molar-refractivity contribution in [1.82, 2.24) is 16.0 Å². The van der Waals surface area contributed by atoms with Crippen molar-refractivity contribution in [1.29, 1.82) is 0 Å². The molecule has 2 amide bonds. The Hall–Kier alpha value is -1.36. The van der Waals surface area contributed by atoms with E-state index >= 15 is 0 Å². The molecule has 0 aromatic heterocycles. The molecule has 5 nitrogen and oxygen atoms in total. The fourth-order valence-electron chi connectivity index (χ4n) is 1.79. The van der Waals surface area contributed by atoms with Crippen LogP contribution in [-0.4, -0.2) is 38.0 Å². The van der Waals surface area contributed by atoms with Crippen LogP contribution in [-0.2, 0) is 9.59 Å². The minimum atomic E-state index is -0.127. The fourth-order valence-corrected chi connectivity index (χ4v) is 1.79. The second-order valence-corrected chi connectivity index (χ2v) is 5.30. The van der Waals surface area contributed by atoms with E-state index in [-0.39, 0.29) is 18.4 Å². The van der Waals surface area contributed by atoms with E-state index in [0.29, 0.717) is 18.9 Å². The van der Waals surface area contributed by atoms with Crippen LogP contribution in [0.5, 0.6) is 0 Å². The summed E-state index contributed by atoms with van der Waals surface area (Å²) < 4.78 is 0. The van der Waals surface area contributed by atoms with Gasteiger partial charge in [-0.05, 0) is 25.3 Å². The molecular weight excluding hydrogens is 242 g/mol. The number of carbonyl (C=O) groups excluding carboxylic acids is 2. The van der Waals surface area contributed by atoms with Gasteiger partial charge in [0.25, 0.3) is 0 Å². The Labute approximate surface area is 115 Å². The maximum absolute atomic E-state index is 11.6. The Morgan fingerprint density at radius 1 is 1.32 bits per heavy atom. The van der Waals surface area contributed by atoms with Crippen molar-refractivity contribution in [3.63, 3.8) is 0 Å². The molecule has 0 atom stereocenters. The quantitative estimate of drug-likeness (QED) is 0.591. The molecule has 108 valence electrons. The first-order valence-electron chi connectivity index (χ1n) is 7.00. The Morgan fingerprint density at radius 3 is 2.74 bits per heavy atom. The fraction of sp³-hybridized carbons (Fsp3) is 0.714. The Balaban J connectivity index is 2.10. The van der Waals surface area contributed by atoms with Crippen LogP contribution in [0.2, 0.25) is 0 Å². The molecule has 5 heteroatoms. The summed E-state index contributed by atoms with van der Waals surface area (Å²) in [5.41, 5.74) is 1.25. The average Bonchev–Trinajstić information content (AvgIpc) is 2.41. The van der Waals surface area contributed by atoms with Gasteiger partial charge in [-0.2, -0.15) is 0 Å². The highest BCUT2D eigenvalue weighted by Crippen LogP contribution is 2.03. The molecule has 0 fully saturated rings. The number of carbonyl (C=O) groups is 2. The van der Waals surface area contributed by atoms with Gasteiger partial charge in [0, 0.05) is 19.5 Å². The first kappa shape index (κ1) is 15.7. The maximum atomic E-state index is 11.6. The molecule has 1 rings (SSSR count). The Bertz CT molecular complexity index is 338. The van der Waals surface area contributed by atoms with Crippen LogP contribution in [0.25, 0.3) is 0 Å². The molecular formula is C14H25N3O2. The standard InChI is InChI=1S/C14H25N3O2/c1-11(2)3-4-13(18)17-10-14(19)16-9-12-5-7-15-8-6-12/h5,11,15H,3-4,6-10H2,1-2H3,(H,16,19)(H,17,18). The summed E-state index contributed by atoms with van der Waals surface area (Å²) in [6, 6.07) is 0. The first-order valence-corrected chi connectivity index (χ1v) is 7.00. The van der Waals surface area contributed by atoms with Gasteiger partial charge in [0.2, 0.25) is 11.8 Å². The molecule has 0 aliphatic carbocycles. The van der Waals surface area contributed by atoms with Crippen molar-refractivity contribution < 1.29 is 9.59 Å². The topological polar surface area (TPSA) is 70.2 Å². The van der Waals surface area contributed by atoms with E-state index in [9.17, 15) is 9.59 Å². The Kier molecular flexibility index (Phi) is 7.18. The van der Waals surface area contributed by atoms with Gasteiger partial charge in [0.05, 0.1) is 6.54 Å². The summed E-state index contributed by atoms with van der Waals surface area (Å²) in [7, 11) is 0. The summed E-state index contributed by atoms with van der Waals surface area (Å²) in [5.74, 6) is 0.327. The molecule has 19 heavy (non-hydrogen) atoms. The van der Waals surface area contributed by atoms with E-state index in [1.807, 2.05) is 0 Å². The zero-order chi connectivity index (χ0) is 14.1. The lowest BCUT2D eigenvalue weighted by molar-refractivity contribution is -0.126. The molecule has 0 radical (unpaired) electrons. The highest BCUT2D eigenvalue weighted by molar-refractivity contribution is 5.84. The van der Waals surface area contributed by atoms with Crippen LogP contribution >= 0.6 is 0 Å². The largest absolute Gasteiger partial charge is 0.351 e. The predicted molar refractivity (Wildman–Crippen MR) is 75.7 cm³/mol. The van der Waals surface area contributed by atoms with Crippen molar-refractivity contribution >= 4 is 11.8 Å². The van der Waals surface area contributed by atoms with E-state index in [2.05, 4.69) is 35.9 Å². The van der Waals surface area contributed by atoms with Gasteiger partial charge in [-0.15, -0.1) is 0 Å². The average molecular weight is 267 g/mol. The number of rotatable bonds is 7. The van der Waals surface area contributed by atoms with Crippen molar-refractivity contribution in [3.8, 4) is 0 Å². The summed E-state index contributed by atoms with van der Waals surface area (Å²) >= 11 is 0. The molecule has 1 aliphatic rings. The monoisotopic (exact) mass is 267 g/mol. The number of hydrogen-bond donors (Lipinski definition) is 3. The first-order chi connectivity index (χ1) is 9.08. The van der Waals surface area contributed by atoms with Crippen LogP contribution < -0.4 is 16.0 Å². The minimum absolute atomic E-state index is 0.0510. The van der Waals surface area contributed by atoms with Gasteiger partial charge >= 0.3 is 0 Å². The molecule has 0 bridgehead atoms. The smallest absolute Gasteiger partial charge is 0.239 e. The van der Waals surface area contributed by atoms with Crippen molar-refractivity contribution in [2.24, 2.45) is 5.92 Å². The predicted octanol–water partition coefficient (Wildman–Crippen LogP) is 0.575. The van der Waals surface area contributed by atoms with E-state index in [0.717, 1.165) is 25.9 Å². The number of hydrogen-bond acceptors (Lipinski definition) is 3. The van der Waals surface area contributed by atoms with E-state index in [4.69, 9.17) is 0 Å². The summed E-state index contributed by atoms with van der Waals surface area (Å²) in [5, 5.41) is 8.69. The molecule has 0 saturated heterocycles. The van der Waals surface area contributed by atoms with Gasteiger partial charge in [-0.3, -0.25) is 9.59 Å². The molecule has 1 aliphatic heterocycles. The SMILES string of the molecule is CC(C)CCC(=O)NCC(=O)NCC1=CCNCC1. The van der Waals surface area contributed by atoms with Crippen molar-refractivity contribution in [3.05, 3.63) is 11.6 Å². The number of nitrogens with one attached hydrogen (secondary N) is 3. The van der Waals surface area contributed by atoms with Gasteiger partial charge in [0.1, 0.15) is 0 Å². The third-order valence-corrected chi connectivity index (χ3v) is 3.07. The molecule has 1 heterocycles. The van der Waals surface area contributed by atoms with Crippen molar-refractivity contribution in [2.75, 3.05) is 26.2 Å². The molecule has 0 spiro atoms. The number of amides is 2. The minimum Gasteiger partial charge on any atom is -0.351 e.